The number of nitrogens with zero attached hydrogens (tertiary/aromatic N) is 4. The lowest BCUT2D eigenvalue weighted by Gasteiger charge is -2.35. The first kappa shape index (κ1) is 14.3. The van der Waals surface area contributed by atoms with Gasteiger partial charge in [-0.05, 0) is 12.8 Å². The molecule has 1 aliphatic carbocycles. The third-order valence-electron chi connectivity index (χ3n) is 4.29. The quantitative estimate of drug-likeness (QED) is 0.806. The summed E-state index contributed by atoms with van der Waals surface area (Å²) in [6.45, 7) is 4.43. The molecular formula is C14H20N4O3S. The van der Waals surface area contributed by atoms with Gasteiger partial charge in [0.05, 0.1) is 26.4 Å². The molecule has 0 aromatic carbocycles. The van der Waals surface area contributed by atoms with Crippen molar-refractivity contribution in [1.82, 2.24) is 15.1 Å². The maximum atomic E-state index is 12.5. The molecule has 1 aromatic heterocycles. The van der Waals surface area contributed by atoms with Gasteiger partial charge >= 0.3 is 0 Å². The van der Waals surface area contributed by atoms with E-state index in [1.807, 2.05) is 4.90 Å². The summed E-state index contributed by atoms with van der Waals surface area (Å²) in [6, 6.07) is 0. The molecule has 120 valence electrons. The number of anilines is 1. The van der Waals surface area contributed by atoms with E-state index in [0.29, 0.717) is 45.4 Å². The van der Waals surface area contributed by atoms with Crippen LogP contribution < -0.4 is 4.90 Å². The fourth-order valence-electron chi connectivity index (χ4n) is 2.81. The van der Waals surface area contributed by atoms with Crippen LogP contribution in [0.25, 0.3) is 0 Å². The molecule has 8 heteroatoms. The van der Waals surface area contributed by atoms with Crippen LogP contribution in [0, 0.1) is 0 Å². The van der Waals surface area contributed by atoms with Gasteiger partial charge in [-0.3, -0.25) is 4.79 Å². The molecule has 0 spiro atoms. The molecule has 1 amide bonds. The summed E-state index contributed by atoms with van der Waals surface area (Å²) in [4.78, 5) is 16.5. The Morgan fingerprint density at radius 2 is 1.95 bits per heavy atom. The lowest BCUT2D eigenvalue weighted by atomic mass is 10.2. The Labute approximate surface area is 133 Å². The molecule has 4 rings (SSSR count). The van der Waals surface area contributed by atoms with Gasteiger partial charge in [0, 0.05) is 25.6 Å². The van der Waals surface area contributed by atoms with Crippen molar-refractivity contribution in [1.29, 1.82) is 0 Å². The lowest BCUT2D eigenvalue weighted by Crippen LogP contribution is -2.53. The van der Waals surface area contributed by atoms with Crippen molar-refractivity contribution in [3.63, 3.8) is 0 Å². The molecule has 1 atom stereocenters. The lowest BCUT2D eigenvalue weighted by molar-refractivity contribution is -0.148. The fraction of sp³-hybridized carbons (Fsp3) is 0.786. The van der Waals surface area contributed by atoms with Gasteiger partial charge in [0.2, 0.25) is 5.13 Å². The largest absolute Gasteiger partial charge is 0.378 e. The molecule has 3 fully saturated rings. The zero-order chi connectivity index (χ0) is 14.9. The topological polar surface area (TPSA) is 67.8 Å². The number of carbonyl (C=O) groups is 1. The molecule has 0 bridgehead atoms. The van der Waals surface area contributed by atoms with E-state index in [-0.39, 0.29) is 5.91 Å². The van der Waals surface area contributed by atoms with Crippen molar-refractivity contribution in [2.75, 3.05) is 50.9 Å². The Kier molecular flexibility index (Phi) is 3.98. The van der Waals surface area contributed by atoms with Crippen molar-refractivity contribution in [2.45, 2.75) is 24.9 Å². The number of carbonyl (C=O) groups excluding carboxylic acids is 1. The molecule has 0 radical (unpaired) electrons. The molecular weight excluding hydrogens is 304 g/mol. The monoisotopic (exact) mass is 324 g/mol. The van der Waals surface area contributed by atoms with Crippen LogP contribution in [0.2, 0.25) is 0 Å². The Hall–Kier alpha value is -1.25. The maximum absolute atomic E-state index is 12.5. The summed E-state index contributed by atoms with van der Waals surface area (Å²) in [5.41, 5.74) is 0. The summed E-state index contributed by atoms with van der Waals surface area (Å²) in [7, 11) is 0. The predicted octanol–water partition coefficient (Wildman–Crippen LogP) is 0.479. The van der Waals surface area contributed by atoms with E-state index < -0.39 is 6.10 Å². The molecule has 2 saturated heterocycles. The van der Waals surface area contributed by atoms with Gasteiger partial charge in [0.1, 0.15) is 5.01 Å². The molecule has 0 N–H and O–H groups in total. The van der Waals surface area contributed by atoms with E-state index in [1.54, 1.807) is 11.3 Å². The molecule has 3 aliphatic rings. The second-order valence-electron chi connectivity index (χ2n) is 5.94. The van der Waals surface area contributed by atoms with E-state index in [1.165, 1.54) is 12.8 Å². The molecule has 2 aliphatic heterocycles. The second kappa shape index (κ2) is 6.10. The van der Waals surface area contributed by atoms with Crippen LogP contribution in [-0.2, 0) is 14.3 Å². The zero-order valence-electron chi connectivity index (χ0n) is 12.4. The molecule has 7 nitrogen and oxygen atoms in total. The van der Waals surface area contributed by atoms with Crippen LogP contribution in [-0.4, -0.2) is 73.1 Å². The number of amides is 1. The SMILES string of the molecule is O=C(C1CN(c2nnc(C3CC3)s2)CCO1)N1CCOCC1. The third kappa shape index (κ3) is 2.95. The Morgan fingerprint density at radius 1 is 1.14 bits per heavy atom. The van der Waals surface area contributed by atoms with Gasteiger partial charge in [-0.1, -0.05) is 11.3 Å². The van der Waals surface area contributed by atoms with E-state index in [9.17, 15) is 4.79 Å². The Morgan fingerprint density at radius 3 is 2.73 bits per heavy atom. The number of aromatic nitrogens is 2. The number of hydrogen-bond acceptors (Lipinski definition) is 7. The summed E-state index contributed by atoms with van der Waals surface area (Å²) in [6.07, 6.45) is 2.06. The number of morpholine rings is 2. The minimum Gasteiger partial charge on any atom is -0.378 e. The van der Waals surface area contributed by atoms with Crippen LogP contribution in [0.15, 0.2) is 0 Å². The van der Waals surface area contributed by atoms with Gasteiger partial charge in [0.15, 0.2) is 6.10 Å². The van der Waals surface area contributed by atoms with Gasteiger partial charge in [-0.2, -0.15) is 0 Å². The first-order valence-electron chi connectivity index (χ1n) is 7.88. The highest BCUT2D eigenvalue weighted by Crippen LogP contribution is 2.42. The van der Waals surface area contributed by atoms with E-state index >= 15 is 0 Å². The second-order valence-corrected chi connectivity index (χ2v) is 6.93. The summed E-state index contributed by atoms with van der Waals surface area (Å²) < 4.78 is 11.0. The van der Waals surface area contributed by atoms with Crippen molar-refractivity contribution in [3.05, 3.63) is 5.01 Å². The van der Waals surface area contributed by atoms with E-state index in [2.05, 4.69) is 15.1 Å². The number of ether oxygens (including phenoxy) is 2. The van der Waals surface area contributed by atoms with Gasteiger partial charge < -0.3 is 19.3 Å². The molecule has 1 aromatic rings. The first-order chi connectivity index (χ1) is 10.8. The minimum atomic E-state index is -0.403. The normalized spacial score (nSPS) is 26.3. The van der Waals surface area contributed by atoms with Gasteiger partial charge in [-0.15, -0.1) is 10.2 Å². The molecule has 3 heterocycles. The standard InChI is InChI=1S/C14H20N4O3S/c19-13(17-3-6-20-7-4-17)11-9-18(5-8-21-11)14-16-15-12(22-14)10-1-2-10/h10-11H,1-9H2. The van der Waals surface area contributed by atoms with Crippen molar-refractivity contribution < 1.29 is 14.3 Å². The maximum Gasteiger partial charge on any atom is 0.253 e. The predicted molar refractivity (Wildman–Crippen MR) is 81.2 cm³/mol. The van der Waals surface area contributed by atoms with Crippen LogP contribution in [0.4, 0.5) is 5.13 Å². The zero-order valence-corrected chi connectivity index (χ0v) is 13.3. The average molecular weight is 324 g/mol. The van der Waals surface area contributed by atoms with Crippen molar-refractivity contribution >= 4 is 22.4 Å². The summed E-state index contributed by atoms with van der Waals surface area (Å²) in [5, 5.41) is 10.6. The molecule has 1 saturated carbocycles. The first-order valence-corrected chi connectivity index (χ1v) is 8.69. The summed E-state index contributed by atoms with van der Waals surface area (Å²) in [5.74, 6) is 0.693. The van der Waals surface area contributed by atoms with Crippen LogP contribution in [0.1, 0.15) is 23.8 Å². The van der Waals surface area contributed by atoms with Gasteiger partial charge in [0.25, 0.3) is 5.91 Å². The highest BCUT2D eigenvalue weighted by atomic mass is 32.1. The highest BCUT2D eigenvalue weighted by molar-refractivity contribution is 7.15. The fourth-order valence-corrected chi connectivity index (χ4v) is 3.86. The Balaban J connectivity index is 1.40. The summed E-state index contributed by atoms with van der Waals surface area (Å²) >= 11 is 1.66. The highest BCUT2D eigenvalue weighted by Gasteiger charge is 2.33. The minimum absolute atomic E-state index is 0.0694. The van der Waals surface area contributed by atoms with Crippen molar-refractivity contribution in [2.24, 2.45) is 0 Å². The van der Waals surface area contributed by atoms with E-state index in [4.69, 9.17) is 9.47 Å². The average Bonchev–Trinajstić information content (AvgIpc) is 3.32. The smallest absolute Gasteiger partial charge is 0.253 e. The van der Waals surface area contributed by atoms with Gasteiger partial charge in [-0.25, -0.2) is 0 Å². The van der Waals surface area contributed by atoms with Crippen molar-refractivity contribution in [3.8, 4) is 0 Å². The van der Waals surface area contributed by atoms with E-state index in [0.717, 1.165) is 16.7 Å². The van der Waals surface area contributed by atoms with Crippen LogP contribution >= 0.6 is 11.3 Å². The van der Waals surface area contributed by atoms with Crippen LogP contribution in [0.5, 0.6) is 0 Å². The molecule has 1 unspecified atom stereocenters. The Bertz CT molecular complexity index is 542. The third-order valence-corrected chi connectivity index (χ3v) is 5.44. The van der Waals surface area contributed by atoms with Crippen LogP contribution in [0.3, 0.4) is 0 Å². The molecule has 22 heavy (non-hydrogen) atoms. The number of rotatable bonds is 3. The number of hydrogen-bond donors (Lipinski definition) is 0.